The summed E-state index contributed by atoms with van der Waals surface area (Å²) in [6.07, 6.45) is 3.03. The Balaban J connectivity index is 1.36. The third kappa shape index (κ3) is 5.46. The van der Waals surface area contributed by atoms with Gasteiger partial charge in [-0.2, -0.15) is 0 Å². The number of para-hydroxylation sites is 2. The third-order valence-electron chi connectivity index (χ3n) is 5.89. The first-order valence-electron chi connectivity index (χ1n) is 11.2. The van der Waals surface area contributed by atoms with Gasteiger partial charge in [0.1, 0.15) is 17.3 Å². The van der Waals surface area contributed by atoms with E-state index in [0.29, 0.717) is 54.4 Å². The number of carbonyl (C=O) groups is 2. The van der Waals surface area contributed by atoms with Gasteiger partial charge in [-0.05, 0) is 49.2 Å². The van der Waals surface area contributed by atoms with Crippen molar-refractivity contribution in [2.24, 2.45) is 5.92 Å². The topological polar surface area (TPSA) is 92.8 Å². The van der Waals surface area contributed by atoms with Crippen LogP contribution in [0.2, 0.25) is 0 Å². The summed E-state index contributed by atoms with van der Waals surface area (Å²) < 4.78 is 10.5. The molecule has 2 amide bonds. The summed E-state index contributed by atoms with van der Waals surface area (Å²) in [5.74, 6) is 1.71. The Labute approximate surface area is 198 Å². The molecule has 4 rings (SSSR count). The molecule has 176 valence electrons. The molecule has 8 heteroatoms. The van der Waals surface area contributed by atoms with E-state index in [9.17, 15) is 9.59 Å². The molecular weight excluding hydrogens is 432 g/mol. The number of hydrogen-bond acceptors (Lipinski definition) is 6. The predicted molar refractivity (Wildman–Crippen MR) is 132 cm³/mol. The average Bonchev–Trinajstić information content (AvgIpc) is 2.89. The maximum absolute atomic E-state index is 12.8. The number of pyridine rings is 1. The Morgan fingerprint density at radius 2 is 1.74 bits per heavy atom. The van der Waals surface area contributed by atoms with Crippen molar-refractivity contribution in [3.63, 3.8) is 0 Å². The molecule has 8 nitrogen and oxygen atoms in total. The second-order valence-corrected chi connectivity index (χ2v) is 8.04. The second kappa shape index (κ2) is 10.7. The number of aromatic nitrogens is 1. The molecule has 0 saturated carbocycles. The average molecular weight is 461 g/mol. The largest absolute Gasteiger partial charge is 0.497 e. The lowest BCUT2D eigenvalue weighted by atomic mass is 9.95. The fourth-order valence-corrected chi connectivity index (χ4v) is 3.99. The van der Waals surface area contributed by atoms with E-state index in [1.807, 2.05) is 42.5 Å². The number of amides is 2. The molecular formula is C26H28N4O4. The molecule has 0 atom stereocenters. The van der Waals surface area contributed by atoms with E-state index in [1.54, 1.807) is 38.6 Å². The van der Waals surface area contributed by atoms with Gasteiger partial charge in [0, 0.05) is 42.5 Å². The molecule has 1 aliphatic heterocycles. The van der Waals surface area contributed by atoms with Crippen LogP contribution in [0.4, 0.5) is 17.2 Å². The highest BCUT2D eigenvalue weighted by molar-refractivity contribution is 6.04. The summed E-state index contributed by atoms with van der Waals surface area (Å²) in [5.41, 5.74) is 1.85. The number of anilines is 3. The van der Waals surface area contributed by atoms with Crippen LogP contribution in [0.1, 0.15) is 23.2 Å². The van der Waals surface area contributed by atoms with Crippen molar-refractivity contribution in [2.75, 3.05) is 42.8 Å². The van der Waals surface area contributed by atoms with Gasteiger partial charge in [-0.15, -0.1) is 0 Å². The molecule has 2 heterocycles. The van der Waals surface area contributed by atoms with Crippen LogP contribution in [-0.4, -0.2) is 44.1 Å². The Hall–Kier alpha value is -4.07. The van der Waals surface area contributed by atoms with Crippen LogP contribution in [0, 0.1) is 5.92 Å². The predicted octanol–water partition coefficient (Wildman–Crippen LogP) is 4.21. The fourth-order valence-electron chi connectivity index (χ4n) is 3.99. The van der Waals surface area contributed by atoms with E-state index in [2.05, 4.69) is 20.5 Å². The summed E-state index contributed by atoms with van der Waals surface area (Å²) in [5, 5.41) is 5.87. The van der Waals surface area contributed by atoms with Crippen LogP contribution in [-0.2, 0) is 4.79 Å². The van der Waals surface area contributed by atoms with Gasteiger partial charge in [-0.25, -0.2) is 4.98 Å². The Bertz CT molecular complexity index is 1160. The van der Waals surface area contributed by atoms with Crippen molar-refractivity contribution in [3.05, 3.63) is 72.4 Å². The number of benzene rings is 2. The molecule has 0 radical (unpaired) electrons. The van der Waals surface area contributed by atoms with Gasteiger partial charge in [0.2, 0.25) is 5.91 Å². The lowest BCUT2D eigenvalue weighted by Crippen LogP contribution is -2.38. The van der Waals surface area contributed by atoms with Crippen molar-refractivity contribution in [2.45, 2.75) is 12.8 Å². The first-order chi connectivity index (χ1) is 16.6. The number of carbonyl (C=O) groups excluding carboxylic acids is 2. The third-order valence-corrected chi connectivity index (χ3v) is 5.89. The van der Waals surface area contributed by atoms with Crippen LogP contribution >= 0.6 is 0 Å². The zero-order chi connectivity index (χ0) is 23.9. The molecule has 1 aromatic heterocycles. The smallest absolute Gasteiger partial charge is 0.255 e. The number of piperidine rings is 1. The lowest BCUT2D eigenvalue weighted by Gasteiger charge is -2.32. The number of nitrogens with zero attached hydrogens (tertiary/aromatic N) is 2. The second-order valence-electron chi connectivity index (χ2n) is 8.04. The van der Waals surface area contributed by atoms with Crippen molar-refractivity contribution in [3.8, 4) is 11.5 Å². The zero-order valence-corrected chi connectivity index (χ0v) is 19.3. The normalized spacial score (nSPS) is 13.8. The summed E-state index contributed by atoms with van der Waals surface area (Å²) in [6, 6.07) is 18.1. The minimum absolute atomic E-state index is 0.0106. The molecule has 0 bridgehead atoms. The van der Waals surface area contributed by atoms with E-state index < -0.39 is 0 Å². The molecule has 0 aliphatic carbocycles. The molecule has 34 heavy (non-hydrogen) atoms. The van der Waals surface area contributed by atoms with Gasteiger partial charge >= 0.3 is 0 Å². The van der Waals surface area contributed by atoms with Crippen molar-refractivity contribution in [1.29, 1.82) is 0 Å². The number of rotatable bonds is 7. The van der Waals surface area contributed by atoms with Crippen LogP contribution in [0.3, 0.4) is 0 Å². The highest BCUT2D eigenvalue weighted by Crippen LogP contribution is 2.27. The van der Waals surface area contributed by atoms with Crippen molar-refractivity contribution < 1.29 is 19.1 Å². The molecule has 1 saturated heterocycles. The molecule has 1 fully saturated rings. The standard InChI is InChI=1S/C26H28N4O4/c1-33-21-7-5-6-20(17-21)28-26(32)19-10-13-27-24(16-19)30-14-11-18(12-15-30)25(31)29-22-8-3-4-9-23(22)34-2/h3-10,13,16-18H,11-12,14-15H2,1-2H3,(H,28,32)(H,29,31). The van der Waals surface area contributed by atoms with Crippen LogP contribution in [0.15, 0.2) is 66.9 Å². The Morgan fingerprint density at radius 3 is 2.50 bits per heavy atom. The number of hydrogen-bond donors (Lipinski definition) is 2. The van der Waals surface area contributed by atoms with Gasteiger partial charge in [-0.1, -0.05) is 18.2 Å². The number of methoxy groups -OCH3 is 2. The lowest BCUT2D eigenvalue weighted by molar-refractivity contribution is -0.120. The maximum Gasteiger partial charge on any atom is 0.255 e. The first-order valence-corrected chi connectivity index (χ1v) is 11.2. The highest BCUT2D eigenvalue weighted by Gasteiger charge is 2.26. The van der Waals surface area contributed by atoms with Gasteiger partial charge in [0.15, 0.2) is 0 Å². The summed E-state index contributed by atoms with van der Waals surface area (Å²) >= 11 is 0. The Morgan fingerprint density at radius 1 is 0.941 bits per heavy atom. The quantitative estimate of drug-likeness (QED) is 0.549. The van der Waals surface area contributed by atoms with Crippen LogP contribution in [0.25, 0.3) is 0 Å². The van der Waals surface area contributed by atoms with Crippen molar-refractivity contribution in [1.82, 2.24) is 4.98 Å². The minimum Gasteiger partial charge on any atom is -0.497 e. The molecule has 2 N–H and O–H groups in total. The zero-order valence-electron chi connectivity index (χ0n) is 19.3. The molecule has 3 aromatic rings. The van der Waals surface area contributed by atoms with E-state index in [0.717, 1.165) is 5.82 Å². The van der Waals surface area contributed by atoms with Crippen LogP contribution in [0.5, 0.6) is 11.5 Å². The summed E-state index contributed by atoms with van der Waals surface area (Å²) in [4.78, 5) is 32.1. The summed E-state index contributed by atoms with van der Waals surface area (Å²) in [6.45, 7) is 1.36. The summed E-state index contributed by atoms with van der Waals surface area (Å²) in [7, 11) is 3.17. The number of ether oxygens (including phenoxy) is 2. The van der Waals surface area contributed by atoms with Gasteiger partial charge in [0.05, 0.1) is 19.9 Å². The van der Waals surface area contributed by atoms with Crippen molar-refractivity contribution >= 4 is 29.0 Å². The SMILES string of the molecule is COc1cccc(NC(=O)c2ccnc(N3CCC(C(=O)Nc4ccccc4OC)CC3)c2)c1. The molecule has 0 spiro atoms. The minimum atomic E-state index is -0.219. The maximum atomic E-state index is 12.8. The molecule has 1 aliphatic rings. The molecule has 2 aromatic carbocycles. The van der Waals surface area contributed by atoms with E-state index in [1.165, 1.54) is 0 Å². The number of nitrogens with one attached hydrogen (secondary N) is 2. The monoisotopic (exact) mass is 460 g/mol. The first kappa shape index (κ1) is 23.1. The highest BCUT2D eigenvalue weighted by atomic mass is 16.5. The van der Waals surface area contributed by atoms with Gasteiger partial charge in [0.25, 0.3) is 5.91 Å². The fraction of sp³-hybridized carbons (Fsp3) is 0.269. The van der Waals surface area contributed by atoms with Gasteiger partial charge in [-0.3, -0.25) is 9.59 Å². The Kier molecular flexibility index (Phi) is 7.27. The van der Waals surface area contributed by atoms with Gasteiger partial charge < -0.3 is 25.0 Å². The van der Waals surface area contributed by atoms with E-state index >= 15 is 0 Å². The van der Waals surface area contributed by atoms with E-state index in [-0.39, 0.29) is 17.7 Å². The molecule has 0 unspecified atom stereocenters. The van der Waals surface area contributed by atoms with Crippen LogP contribution < -0.4 is 25.0 Å². The van der Waals surface area contributed by atoms with E-state index in [4.69, 9.17) is 9.47 Å².